The van der Waals surface area contributed by atoms with Crippen LogP contribution in [0.15, 0.2) is 75.3 Å². The van der Waals surface area contributed by atoms with Crippen LogP contribution < -0.4 is 4.74 Å². The van der Waals surface area contributed by atoms with E-state index in [1.165, 1.54) is 31.3 Å². The fraction of sp³-hybridized carbons (Fsp3) is 0.182. The summed E-state index contributed by atoms with van der Waals surface area (Å²) in [6.45, 7) is 0.00833. The third kappa shape index (κ3) is 5.41. The Morgan fingerprint density at radius 3 is 2.46 bits per heavy atom. The van der Waals surface area contributed by atoms with E-state index in [4.69, 9.17) is 4.74 Å². The van der Waals surface area contributed by atoms with Crippen LogP contribution in [0.2, 0.25) is 0 Å². The molecule has 0 aliphatic rings. The third-order valence-corrected chi connectivity index (χ3v) is 8.54. The molecule has 4 rings (SSSR count). The Hall–Kier alpha value is -2.77. The maximum atomic E-state index is 13.5. The van der Waals surface area contributed by atoms with E-state index in [-0.39, 0.29) is 38.3 Å². The van der Waals surface area contributed by atoms with E-state index in [0.29, 0.717) is 9.99 Å². The highest BCUT2D eigenvalue weighted by molar-refractivity contribution is 9.10. The van der Waals surface area contributed by atoms with E-state index >= 15 is 0 Å². The molecule has 0 aliphatic heterocycles. The average molecular weight is 588 g/mol. The Morgan fingerprint density at radius 2 is 1.77 bits per heavy atom. The van der Waals surface area contributed by atoms with Crippen LogP contribution in [0.25, 0.3) is 11.0 Å². The number of imidazole rings is 1. The van der Waals surface area contributed by atoms with Gasteiger partial charge in [0.05, 0.1) is 38.2 Å². The average Bonchev–Trinajstić information content (AvgIpc) is 3.20. The van der Waals surface area contributed by atoms with Crippen molar-refractivity contribution in [3.05, 3.63) is 76.5 Å². The molecule has 0 saturated heterocycles. The molecule has 0 bridgehead atoms. The molecule has 2 aromatic carbocycles. The summed E-state index contributed by atoms with van der Waals surface area (Å²) in [7, 11) is -6.20. The lowest BCUT2D eigenvalue weighted by Crippen LogP contribution is -2.20. The van der Waals surface area contributed by atoms with Gasteiger partial charge >= 0.3 is 6.18 Å². The van der Waals surface area contributed by atoms with E-state index in [1.54, 1.807) is 36.4 Å². The van der Waals surface area contributed by atoms with Gasteiger partial charge < -0.3 is 4.74 Å². The minimum Gasteiger partial charge on any atom is -0.484 e. The van der Waals surface area contributed by atoms with Gasteiger partial charge in [0.2, 0.25) is 5.16 Å². The van der Waals surface area contributed by atoms with E-state index in [0.717, 1.165) is 3.97 Å². The number of ether oxygens (including phenoxy) is 1. The third-order valence-electron chi connectivity index (χ3n) is 4.96. The molecule has 0 radical (unpaired) electrons. The van der Waals surface area contributed by atoms with Crippen molar-refractivity contribution in [2.75, 3.05) is 6.61 Å². The van der Waals surface area contributed by atoms with Crippen LogP contribution in [-0.4, -0.2) is 39.4 Å². The number of hydrogen-bond acceptors (Lipinski definition) is 6. The molecule has 1 unspecified atom stereocenters. The second-order valence-corrected chi connectivity index (χ2v) is 11.4. The van der Waals surface area contributed by atoms with Gasteiger partial charge in [0.25, 0.3) is 10.0 Å². The number of pyridine rings is 1. The number of hydrogen-bond donors (Lipinski definition) is 0. The van der Waals surface area contributed by atoms with Crippen molar-refractivity contribution in [3.63, 3.8) is 0 Å². The number of benzene rings is 2. The van der Waals surface area contributed by atoms with Crippen LogP contribution in [0.1, 0.15) is 11.3 Å². The molecule has 0 fully saturated rings. The molecule has 0 aliphatic carbocycles. The van der Waals surface area contributed by atoms with Crippen molar-refractivity contribution in [3.8, 4) is 5.75 Å². The van der Waals surface area contributed by atoms with Crippen LogP contribution in [-0.2, 0) is 26.6 Å². The minimum absolute atomic E-state index is 0.0287. The maximum absolute atomic E-state index is 13.5. The van der Waals surface area contributed by atoms with Gasteiger partial charge in [0.15, 0.2) is 6.61 Å². The first-order valence-corrected chi connectivity index (χ1v) is 13.5. The zero-order valence-electron chi connectivity index (χ0n) is 18.0. The number of nitrogens with zero attached hydrogens (tertiary/aromatic N) is 3. The molecular formula is C22H17BrF3N3O4S2. The molecular weight excluding hydrogens is 571 g/mol. The fourth-order valence-corrected chi connectivity index (χ4v) is 6.59. The topological polar surface area (TPSA) is 91.2 Å². The van der Waals surface area contributed by atoms with Crippen molar-refractivity contribution in [1.29, 1.82) is 0 Å². The van der Waals surface area contributed by atoms with Gasteiger partial charge in [0, 0.05) is 16.2 Å². The first-order valence-electron chi connectivity index (χ1n) is 9.98. The summed E-state index contributed by atoms with van der Waals surface area (Å²) in [5, 5.41) is -0.225. The number of aromatic nitrogens is 3. The predicted molar refractivity (Wildman–Crippen MR) is 127 cm³/mol. The summed E-state index contributed by atoms with van der Waals surface area (Å²) in [6, 6.07) is 13.7. The zero-order chi connectivity index (χ0) is 25.4. The molecule has 2 heterocycles. The summed E-state index contributed by atoms with van der Waals surface area (Å²) in [5.74, 6) is -0.339. The molecule has 1 atom stereocenters. The molecule has 184 valence electrons. The Bertz CT molecular complexity index is 1520. The summed E-state index contributed by atoms with van der Waals surface area (Å²) >= 11 is 3.27. The molecule has 0 N–H and O–H groups in total. The zero-order valence-corrected chi connectivity index (χ0v) is 21.2. The molecule has 0 amide bonds. The Balaban J connectivity index is 1.75. The maximum Gasteiger partial charge on any atom is 0.422 e. The van der Waals surface area contributed by atoms with Gasteiger partial charge in [-0.2, -0.15) is 13.2 Å². The highest BCUT2D eigenvalue weighted by Crippen LogP contribution is 2.28. The van der Waals surface area contributed by atoms with Crippen LogP contribution in [0.3, 0.4) is 0 Å². The Labute approximate surface area is 209 Å². The van der Waals surface area contributed by atoms with Gasteiger partial charge in [0.1, 0.15) is 5.75 Å². The van der Waals surface area contributed by atoms with Crippen molar-refractivity contribution in [2.45, 2.75) is 28.9 Å². The smallest absolute Gasteiger partial charge is 0.422 e. The fourth-order valence-electron chi connectivity index (χ4n) is 3.28. The summed E-state index contributed by atoms with van der Waals surface area (Å²) in [4.78, 5) is 8.39. The SMILES string of the molecule is Cc1c(OCC(F)(F)F)ccnc1CS(=O)c1nc2ccccc2n1S(=O)(=O)c1ccc(Br)cc1. The van der Waals surface area contributed by atoms with Gasteiger partial charge in [-0.15, -0.1) is 0 Å². The van der Waals surface area contributed by atoms with Crippen LogP contribution in [0, 0.1) is 6.92 Å². The van der Waals surface area contributed by atoms with Crippen molar-refractivity contribution >= 4 is 47.8 Å². The summed E-state index contributed by atoms with van der Waals surface area (Å²) < 4.78 is 84.6. The van der Waals surface area contributed by atoms with E-state index < -0.39 is 33.6 Å². The Kier molecular flexibility index (Phi) is 7.02. The first-order chi connectivity index (χ1) is 16.5. The lowest BCUT2D eigenvalue weighted by Gasteiger charge is -2.14. The number of rotatable bonds is 7. The standard InChI is InChI=1S/C22H17BrF3N3O4S2/c1-14-18(27-11-10-20(14)33-13-22(24,25)26)12-34(30)21-28-17-4-2-3-5-19(17)29(21)35(31,32)16-8-6-15(23)7-9-16/h2-11H,12-13H2,1H3. The van der Waals surface area contributed by atoms with E-state index in [2.05, 4.69) is 25.9 Å². The molecule has 7 nitrogen and oxygen atoms in total. The number of halogens is 4. The lowest BCUT2D eigenvalue weighted by atomic mass is 10.2. The molecule has 2 aromatic heterocycles. The lowest BCUT2D eigenvalue weighted by molar-refractivity contribution is -0.153. The van der Waals surface area contributed by atoms with Crippen molar-refractivity contribution in [2.24, 2.45) is 0 Å². The second kappa shape index (κ2) is 9.70. The van der Waals surface area contributed by atoms with Crippen molar-refractivity contribution in [1.82, 2.24) is 13.9 Å². The van der Waals surface area contributed by atoms with E-state index in [9.17, 15) is 25.8 Å². The van der Waals surface area contributed by atoms with Crippen molar-refractivity contribution < 1.29 is 30.5 Å². The number of alkyl halides is 3. The number of fused-ring (bicyclic) bond motifs is 1. The van der Waals surface area contributed by atoms with Gasteiger partial charge in [-0.3, -0.25) is 9.19 Å². The number of para-hydroxylation sites is 2. The van der Waals surface area contributed by atoms with Crippen LogP contribution >= 0.6 is 15.9 Å². The molecule has 13 heteroatoms. The summed E-state index contributed by atoms with van der Waals surface area (Å²) in [6.07, 6.45) is -3.28. The minimum atomic E-state index is -4.52. The predicted octanol–water partition coefficient (Wildman–Crippen LogP) is 4.99. The van der Waals surface area contributed by atoms with Crippen LogP contribution in [0.4, 0.5) is 13.2 Å². The molecule has 0 spiro atoms. The second-order valence-electron chi connectivity index (χ2n) is 7.38. The van der Waals surface area contributed by atoms with Gasteiger partial charge in [-0.05, 0) is 49.4 Å². The van der Waals surface area contributed by atoms with E-state index in [1.807, 2.05) is 0 Å². The molecule has 4 aromatic rings. The normalized spacial score (nSPS) is 13.2. The quantitative estimate of drug-likeness (QED) is 0.302. The largest absolute Gasteiger partial charge is 0.484 e. The van der Waals surface area contributed by atoms with Gasteiger partial charge in [-0.25, -0.2) is 17.4 Å². The summed E-state index contributed by atoms with van der Waals surface area (Å²) in [5.41, 5.74) is 1.03. The first kappa shape index (κ1) is 25.3. The highest BCUT2D eigenvalue weighted by Gasteiger charge is 2.30. The molecule has 0 saturated carbocycles. The highest BCUT2D eigenvalue weighted by atomic mass is 79.9. The Morgan fingerprint density at radius 1 is 1.09 bits per heavy atom. The molecule has 35 heavy (non-hydrogen) atoms. The van der Waals surface area contributed by atoms with Crippen LogP contribution in [0.5, 0.6) is 5.75 Å². The van der Waals surface area contributed by atoms with Gasteiger partial charge in [-0.1, -0.05) is 28.1 Å². The monoisotopic (exact) mass is 587 g/mol.